The van der Waals surface area contributed by atoms with Gasteiger partial charge in [-0.05, 0) is 30.3 Å². The second-order valence-electron chi connectivity index (χ2n) is 6.62. The standard InChI is InChI=1S/C23H26N2O5S/c1-27-12-11-25(23(26)17-7-6-8-19(13-17)28-2)14-18-16-31-22(24-18)15-30-21-10-5-4-9-20(21)29-3/h4-10,13,16H,11-12,14-15H2,1-3H3. The molecule has 0 unspecified atom stereocenters. The van der Waals surface area contributed by atoms with Crippen LogP contribution in [-0.4, -0.2) is 50.3 Å². The number of benzene rings is 2. The first-order chi connectivity index (χ1) is 15.1. The average molecular weight is 443 g/mol. The molecule has 0 aliphatic heterocycles. The normalized spacial score (nSPS) is 10.5. The first-order valence-corrected chi connectivity index (χ1v) is 10.6. The van der Waals surface area contributed by atoms with Crippen LogP contribution < -0.4 is 14.2 Å². The predicted molar refractivity (Wildman–Crippen MR) is 119 cm³/mol. The summed E-state index contributed by atoms with van der Waals surface area (Å²) in [5, 5.41) is 2.76. The van der Waals surface area contributed by atoms with E-state index in [4.69, 9.17) is 18.9 Å². The molecule has 0 bridgehead atoms. The van der Waals surface area contributed by atoms with E-state index >= 15 is 0 Å². The van der Waals surface area contributed by atoms with Crippen molar-refractivity contribution in [3.63, 3.8) is 0 Å². The summed E-state index contributed by atoms with van der Waals surface area (Å²) >= 11 is 1.50. The summed E-state index contributed by atoms with van der Waals surface area (Å²) in [7, 11) is 4.80. The topological polar surface area (TPSA) is 70.1 Å². The van der Waals surface area contributed by atoms with Crippen molar-refractivity contribution in [1.29, 1.82) is 0 Å². The highest BCUT2D eigenvalue weighted by Crippen LogP contribution is 2.27. The Hall–Kier alpha value is -3.10. The van der Waals surface area contributed by atoms with Gasteiger partial charge in [0.2, 0.25) is 0 Å². The number of hydrogen-bond donors (Lipinski definition) is 0. The molecule has 3 aromatic rings. The van der Waals surface area contributed by atoms with Crippen molar-refractivity contribution in [2.75, 3.05) is 34.5 Å². The Bertz CT molecular complexity index is 991. The van der Waals surface area contributed by atoms with Gasteiger partial charge < -0.3 is 23.8 Å². The second kappa shape index (κ2) is 11.3. The average Bonchev–Trinajstić information content (AvgIpc) is 3.27. The van der Waals surface area contributed by atoms with Gasteiger partial charge in [-0.2, -0.15) is 0 Å². The molecule has 3 rings (SSSR count). The summed E-state index contributed by atoms with van der Waals surface area (Å²) in [4.78, 5) is 19.4. The molecule has 0 atom stereocenters. The minimum atomic E-state index is -0.101. The van der Waals surface area contributed by atoms with Crippen LogP contribution >= 0.6 is 11.3 Å². The molecule has 7 nitrogen and oxygen atoms in total. The number of methoxy groups -OCH3 is 3. The number of amides is 1. The molecule has 0 aliphatic rings. The predicted octanol–water partition coefficient (Wildman–Crippen LogP) is 4.03. The number of hydrogen-bond acceptors (Lipinski definition) is 7. The van der Waals surface area contributed by atoms with Crippen molar-refractivity contribution >= 4 is 17.2 Å². The van der Waals surface area contributed by atoms with Gasteiger partial charge in [0.15, 0.2) is 11.5 Å². The monoisotopic (exact) mass is 442 g/mol. The van der Waals surface area contributed by atoms with Crippen LogP contribution in [0.25, 0.3) is 0 Å². The molecule has 31 heavy (non-hydrogen) atoms. The van der Waals surface area contributed by atoms with Crippen LogP contribution in [0.3, 0.4) is 0 Å². The van der Waals surface area contributed by atoms with Gasteiger partial charge in [0, 0.05) is 24.6 Å². The highest BCUT2D eigenvalue weighted by molar-refractivity contribution is 7.09. The van der Waals surface area contributed by atoms with Gasteiger partial charge in [-0.3, -0.25) is 4.79 Å². The van der Waals surface area contributed by atoms with Gasteiger partial charge in [0.25, 0.3) is 5.91 Å². The summed E-state index contributed by atoms with van der Waals surface area (Å²) in [5.41, 5.74) is 1.36. The summed E-state index contributed by atoms with van der Waals surface area (Å²) in [6.07, 6.45) is 0. The van der Waals surface area contributed by atoms with Crippen LogP contribution in [0.2, 0.25) is 0 Å². The zero-order valence-corrected chi connectivity index (χ0v) is 18.7. The molecule has 0 N–H and O–H groups in total. The molecule has 0 saturated carbocycles. The molecule has 164 valence electrons. The number of carbonyl (C=O) groups excluding carboxylic acids is 1. The maximum absolute atomic E-state index is 13.1. The minimum Gasteiger partial charge on any atom is -0.497 e. The van der Waals surface area contributed by atoms with E-state index in [9.17, 15) is 4.79 Å². The Morgan fingerprint density at radius 1 is 1.03 bits per heavy atom. The minimum absolute atomic E-state index is 0.101. The third-order valence-corrected chi connectivity index (χ3v) is 5.41. The van der Waals surface area contributed by atoms with Crippen LogP contribution in [0.4, 0.5) is 0 Å². The second-order valence-corrected chi connectivity index (χ2v) is 7.57. The zero-order chi connectivity index (χ0) is 22.1. The lowest BCUT2D eigenvalue weighted by molar-refractivity contribution is 0.0678. The Morgan fingerprint density at radius 2 is 1.84 bits per heavy atom. The van der Waals surface area contributed by atoms with Gasteiger partial charge in [-0.1, -0.05) is 18.2 Å². The fraction of sp³-hybridized carbons (Fsp3) is 0.304. The summed E-state index contributed by atoms with van der Waals surface area (Å²) in [5.74, 6) is 1.88. The van der Waals surface area contributed by atoms with E-state index in [-0.39, 0.29) is 5.91 Å². The van der Waals surface area contributed by atoms with Crippen LogP contribution in [0.1, 0.15) is 21.1 Å². The largest absolute Gasteiger partial charge is 0.497 e. The Labute approximate surface area is 186 Å². The molecule has 1 amide bonds. The van der Waals surface area contributed by atoms with Crippen LogP contribution in [-0.2, 0) is 17.9 Å². The Kier molecular flexibility index (Phi) is 8.26. The lowest BCUT2D eigenvalue weighted by Gasteiger charge is -2.21. The fourth-order valence-electron chi connectivity index (χ4n) is 2.95. The van der Waals surface area contributed by atoms with E-state index in [0.29, 0.717) is 49.1 Å². The molecule has 0 radical (unpaired) electrons. The molecule has 8 heteroatoms. The van der Waals surface area contributed by atoms with Gasteiger partial charge >= 0.3 is 0 Å². The molecular formula is C23H26N2O5S. The zero-order valence-electron chi connectivity index (χ0n) is 17.9. The van der Waals surface area contributed by atoms with E-state index in [1.54, 1.807) is 44.4 Å². The summed E-state index contributed by atoms with van der Waals surface area (Å²) in [6, 6.07) is 14.6. The number of carbonyl (C=O) groups is 1. The number of ether oxygens (including phenoxy) is 4. The van der Waals surface area contributed by atoms with Crippen LogP contribution in [0.15, 0.2) is 53.9 Å². The van der Waals surface area contributed by atoms with E-state index in [1.807, 2.05) is 35.7 Å². The molecular weight excluding hydrogens is 416 g/mol. The molecule has 2 aromatic carbocycles. The first kappa shape index (κ1) is 22.6. The third-order valence-electron chi connectivity index (χ3n) is 4.54. The van der Waals surface area contributed by atoms with Crippen molar-refractivity contribution in [1.82, 2.24) is 9.88 Å². The van der Waals surface area contributed by atoms with E-state index in [2.05, 4.69) is 4.98 Å². The van der Waals surface area contributed by atoms with Gasteiger partial charge in [0.05, 0.1) is 33.1 Å². The Balaban J connectivity index is 1.67. The SMILES string of the molecule is COCCN(Cc1csc(COc2ccccc2OC)n1)C(=O)c1cccc(OC)c1. The lowest BCUT2D eigenvalue weighted by atomic mass is 10.2. The van der Waals surface area contributed by atoms with Crippen molar-refractivity contribution in [3.05, 3.63) is 70.2 Å². The molecule has 0 fully saturated rings. The fourth-order valence-corrected chi connectivity index (χ4v) is 3.65. The number of rotatable bonds is 11. The molecule has 0 spiro atoms. The van der Waals surface area contributed by atoms with Crippen molar-refractivity contribution in [3.8, 4) is 17.2 Å². The quantitative estimate of drug-likeness (QED) is 0.447. The van der Waals surface area contributed by atoms with Gasteiger partial charge in [-0.15, -0.1) is 11.3 Å². The number of nitrogens with zero attached hydrogens (tertiary/aromatic N) is 2. The molecule has 0 aliphatic carbocycles. The number of thiazole rings is 1. The van der Waals surface area contributed by atoms with Crippen LogP contribution in [0.5, 0.6) is 17.2 Å². The summed E-state index contributed by atoms with van der Waals surface area (Å²) in [6.45, 7) is 1.60. The highest BCUT2D eigenvalue weighted by atomic mass is 32.1. The molecule has 1 aromatic heterocycles. The first-order valence-electron chi connectivity index (χ1n) is 9.76. The van der Waals surface area contributed by atoms with E-state index in [0.717, 1.165) is 10.7 Å². The highest BCUT2D eigenvalue weighted by Gasteiger charge is 2.18. The maximum atomic E-state index is 13.1. The smallest absolute Gasteiger partial charge is 0.254 e. The molecule has 0 saturated heterocycles. The molecule has 1 heterocycles. The van der Waals surface area contributed by atoms with Gasteiger partial charge in [-0.25, -0.2) is 4.98 Å². The van der Waals surface area contributed by atoms with E-state index in [1.165, 1.54) is 11.3 Å². The van der Waals surface area contributed by atoms with E-state index < -0.39 is 0 Å². The van der Waals surface area contributed by atoms with Crippen LogP contribution in [0, 0.1) is 0 Å². The van der Waals surface area contributed by atoms with Gasteiger partial charge in [0.1, 0.15) is 17.4 Å². The Morgan fingerprint density at radius 3 is 2.58 bits per heavy atom. The third kappa shape index (κ3) is 6.19. The van der Waals surface area contributed by atoms with Crippen molar-refractivity contribution in [2.45, 2.75) is 13.2 Å². The number of aromatic nitrogens is 1. The van der Waals surface area contributed by atoms with Crippen molar-refractivity contribution < 1.29 is 23.7 Å². The lowest BCUT2D eigenvalue weighted by Crippen LogP contribution is -2.33. The summed E-state index contributed by atoms with van der Waals surface area (Å²) < 4.78 is 21.6. The van der Waals surface area contributed by atoms with Crippen molar-refractivity contribution in [2.24, 2.45) is 0 Å². The number of para-hydroxylation sites is 2. The maximum Gasteiger partial charge on any atom is 0.254 e.